The van der Waals surface area contributed by atoms with Gasteiger partial charge in [0, 0.05) is 18.9 Å². The van der Waals surface area contributed by atoms with Crippen LogP contribution in [0.4, 0.5) is 4.79 Å². The van der Waals surface area contributed by atoms with E-state index < -0.39 is 5.54 Å². The molecule has 2 rings (SSSR count). The first-order valence-corrected chi connectivity index (χ1v) is 7.66. The molecule has 1 aromatic rings. The van der Waals surface area contributed by atoms with E-state index in [1.807, 2.05) is 26.0 Å². The fraction of sp³-hybridized carbons (Fsp3) is 0.562. The summed E-state index contributed by atoms with van der Waals surface area (Å²) in [6.07, 6.45) is 7.28. The second kappa shape index (κ2) is 6.70. The van der Waals surface area contributed by atoms with Crippen LogP contribution in [0.3, 0.4) is 0 Å². The van der Waals surface area contributed by atoms with Gasteiger partial charge in [0.25, 0.3) is 5.91 Å². The molecule has 114 valence electrons. The molecule has 0 atom stereocenters. The predicted molar refractivity (Wildman–Crippen MR) is 80.7 cm³/mol. The Bertz CT molecular complexity index is 496. The minimum absolute atomic E-state index is 0.0646. The Morgan fingerprint density at radius 3 is 2.33 bits per heavy atom. The quantitative estimate of drug-likeness (QED) is 0.785. The standard InChI is InChI=1S/C16H23N3O2/c1-3-8-16(9-4-2)14(20)19(15(21)18-16)12-7-13-5-10-17-11-6-13/h5-6,10-11H,3-4,7-9,12H2,1-2H3,(H,18,21). The summed E-state index contributed by atoms with van der Waals surface area (Å²) in [7, 11) is 0. The first-order chi connectivity index (χ1) is 10.1. The Labute approximate surface area is 125 Å². The Hall–Kier alpha value is -1.91. The third-order valence-electron chi connectivity index (χ3n) is 3.97. The molecule has 1 aromatic heterocycles. The van der Waals surface area contributed by atoms with Crippen LogP contribution >= 0.6 is 0 Å². The highest BCUT2D eigenvalue weighted by atomic mass is 16.2. The molecule has 0 spiro atoms. The molecule has 1 saturated heterocycles. The van der Waals surface area contributed by atoms with Crippen LogP contribution in [0.25, 0.3) is 0 Å². The van der Waals surface area contributed by atoms with Gasteiger partial charge in [-0.05, 0) is 37.0 Å². The number of hydrogen-bond acceptors (Lipinski definition) is 3. The maximum atomic E-state index is 12.7. The smallest absolute Gasteiger partial charge is 0.323 e. The van der Waals surface area contributed by atoms with Crippen molar-refractivity contribution in [3.05, 3.63) is 30.1 Å². The largest absolute Gasteiger partial charge is 0.325 e. The summed E-state index contributed by atoms with van der Waals surface area (Å²) >= 11 is 0. The van der Waals surface area contributed by atoms with Crippen molar-refractivity contribution < 1.29 is 9.59 Å². The number of urea groups is 1. The zero-order valence-electron chi connectivity index (χ0n) is 12.8. The molecule has 0 radical (unpaired) electrons. The number of hydrogen-bond donors (Lipinski definition) is 1. The minimum atomic E-state index is -0.682. The lowest BCUT2D eigenvalue weighted by molar-refractivity contribution is -0.131. The van der Waals surface area contributed by atoms with Crippen molar-refractivity contribution in [2.45, 2.75) is 51.5 Å². The van der Waals surface area contributed by atoms with E-state index in [4.69, 9.17) is 0 Å². The monoisotopic (exact) mass is 289 g/mol. The van der Waals surface area contributed by atoms with Crippen molar-refractivity contribution in [3.8, 4) is 0 Å². The van der Waals surface area contributed by atoms with Gasteiger partial charge < -0.3 is 5.32 Å². The van der Waals surface area contributed by atoms with Crippen molar-refractivity contribution in [3.63, 3.8) is 0 Å². The maximum absolute atomic E-state index is 12.7. The molecule has 0 aliphatic carbocycles. The molecule has 5 nitrogen and oxygen atoms in total. The van der Waals surface area contributed by atoms with E-state index in [0.29, 0.717) is 25.8 Å². The lowest BCUT2D eigenvalue weighted by Gasteiger charge is -2.25. The molecule has 2 heterocycles. The van der Waals surface area contributed by atoms with E-state index in [-0.39, 0.29) is 11.9 Å². The van der Waals surface area contributed by atoms with Gasteiger partial charge in [0.1, 0.15) is 5.54 Å². The molecule has 3 amide bonds. The Kier molecular flexibility index (Phi) is 4.94. The molecule has 1 aliphatic heterocycles. The Morgan fingerprint density at radius 2 is 1.76 bits per heavy atom. The first-order valence-electron chi connectivity index (χ1n) is 7.66. The predicted octanol–water partition coefficient (Wildman–Crippen LogP) is 2.51. The van der Waals surface area contributed by atoms with E-state index in [9.17, 15) is 9.59 Å². The molecule has 1 N–H and O–H groups in total. The van der Waals surface area contributed by atoms with Crippen LogP contribution in [-0.4, -0.2) is 33.9 Å². The molecular formula is C16H23N3O2. The molecule has 0 bridgehead atoms. The molecular weight excluding hydrogens is 266 g/mol. The number of carbonyl (C=O) groups excluding carboxylic acids is 2. The number of pyridine rings is 1. The second-order valence-corrected chi connectivity index (χ2v) is 5.57. The number of rotatable bonds is 7. The highest BCUT2D eigenvalue weighted by Gasteiger charge is 2.49. The molecule has 0 unspecified atom stereocenters. The van der Waals surface area contributed by atoms with Crippen LogP contribution in [0, 0.1) is 0 Å². The van der Waals surface area contributed by atoms with Gasteiger partial charge in [-0.1, -0.05) is 26.7 Å². The summed E-state index contributed by atoms with van der Waals surface area (Å²) in [5, 5.41) is 2.93. The minimum Gasteiger partial charge on any atom is -0.323 e. The number of amides is 3. The highest BCUT2D eigenvalue weighted by molar-refractivity contribution is 6.07. The van der Waals surface area contributed by atoms with Gasteiger partial charge in [-0.2, -0.15) is 0 Å². The van der Waals surface area contributed by atoms with Gasteiger partial charge in [0.15, 0.2) is 0 Å². The average molecular weight is 289 g/mol. The van der Waals surface area contributed by atoms with Gasteiger partial charge in [-0.25, -0.2) is 4.79 Å². The lowest BCUT2D eigenvalue weighted by atomic mass is 9.88. The van der Waals surface area contributed by atoms with Crippen LogP contribution < -0.4 is 5.32 Å². The molecule has 21 heavy (non-hydrogen) atoms. The zero-order chi connectivity index (χ0) is 15.3. The first kappa shape index (κ1) is 15.5. The summed E-state index contributed by atoms with van der Waals surface area (Å²) < 4.78 is 0. The lowest BCUT2D eigenvalue weighted by Crippen LogP contribution is -2.46. The number of aromatic nitrogens is 1. The summed E-state index contributed by atoms with van der Waals surface area (Å²) in [6, 6.07) is 3.56. The Morgan fingerprint density at radius 1 is 1.14 bits per heavy atom. The summed E-state index contributed by atoms with van der Waals surface area (Å²) in [5.74, 6) is -0.0646. The van der Waals surface area contributed by atoms with E-state index in [0.717, 1.165) is 18.4 Å². The van der Waals surface area contributed by atoms with Gasteiger partial charge in [-0.15, -0.1) is 0 Å². The molecule has 0 aromatic carbocycles. The average Bonchev–Trinajstić information content (AvgIpc) is 2.70. The van der Waals surface area contributed by atoms with E-state index in [1.165, 1.54) is 4.90 Å². The van der Waals surface area contributed by atoms with E-state index in [2.05, 4.69) is 10.3 Å². The van der Waals surface area contributed by atoms with Gasteiger partial charge in [-0.3, -0.25) is 14.7 Å². The molecule has 5 heteroatoms. The van der Waals surface area contributed by atoms with Crippen LogP contribution in [0.15, 0.2) is 24.5 Å². The molecule has 1 aliphatic rings. The SMILES string of the molecule is CCCC1(CCC)NC(=O)N(CCc2ccncc2)C1=O. The Balaban J connectivity index is 2.07. The van der Waals surface area contributed by atoms with E-state index >= 15 is 0 Å². The van der Waals surface area contributed by atoms with Crippen LogP contribution in [0.1, 0.15) is 45.1 Å². The fourth-order valence-corrected chi connectivity index (χ4v) is 2.99. The number of imide groups is 1. The van der Waals surface area contributed by atoms with Crippen molar-refractivity contribution in [1.82, 2.24) is 15.2 Å². The van der Waals surface area contributed by atoms with Gasteiger partial charge in [0.05, 0.1) is 0 Å². The maximum Gasteiger partial charge on any atom is 0.325 e. The number of nitrogens with one attached hydrogen (secondary N) is 1. The third kappa shape index (κ3) is 3.23. The molecule has 1 fully saturated rings. The summed E-state index contributed by atoms with van der Waals surface area (Å²) in [4.78, 5) is 30.2. The van der Waals surface area contributed by atoms with Crippen molar-refractivity contribution in [1.29, 1.82) is 0 Å². The van der Waals surface area contributed by atoms with Gasteiger partial charge in [0.2, 0.25) is 0 Å². The molecule has 0 saturated carbocycles. The number of carbonyl (C=O) groups is 2. The van der Waals surface area contributed by atoms with E-state index in [1.54, 1.807) is 12.4 Å². The van der Waals surface area contributed by atoms with Crippen molar-refractivity contribution in [2.24, 2.45) is 0 Å². The second-order valence-electron chi connectivity index (χ2n) is 5.57. The van der Waals surface area contributed by atoms with Crippen molar-refractivity contribution in [2.75, 3.05) is 6.54 Å². The third-order valence-corrected chi connectivity index (χ3v) is 3.97. The normalized spacial score (nSPS) is 17.1. The number of nitrogens with zero attached hydrogens (tertiary/aromatic N) is 2. The summed E-state index contributed by atoms with van der Waals surface area (Å²) in [5.41, 5.74) is 0.396. The zero-order valence-corrected chi connectivity index (χ0v) is 12.8. The van der Waals surface area contributed by atoms with Gasteiger partial charge >= 0.3 is 6.03 Å². The highest BCUT2D eigenvalue weighted by Crippen LogP contribution is 2.28. The van der Waals surface area contributed by atoms with Crippen molar-refractivity contribution >= 4 is 11.9 Å². The van der Waals surface area contributed by atoms with Crippen LogP contribution in [-0.2, 0) is 11.2 Å². The summed E-state index contributed by atoms with van der Waals surface area (Å²) in [6.45, 7) is 4.50. The van der Waals surface area contributed by atoms with Crippen LogP contribution in [0.2, 0.25) is 0 Å². The fourth-order valence-electron chi connectivity index (χ4n) is 2.99. The van der Waals surface area contributed by atoms with Crippen LogP contribution in [0.5, 0.6) is 0 Å². The topological polar surface area (TPSA) is 62.3 Å².